The average molecular weight is 357 g/mol. The fourth-order valence-corrected chi connectivity index (χ4v) is 4.21. The maximum atomic E-state index is 13.7. The van der Waals surface area contributed by atoms with Gasteiger partial charge in [0.05, 0.1) is 22.5 Å². The lowest BCUT2D eigenvalue weighted by molar-refractivity contribution is -0.117. The third-order valence-corrected chi connectivity index (χ3v) is 5.58. The minimum atomic E-state index is -0.111. The van der Waals surface area contributed by atoms with Gasteiger partial charge in [-0.2, -0.15) is 0 Å². The van der Waals surface area contributed by atoms with Crippen LogP contribution in [0.1, 0.15) is 28.0 Å². The third-order valence-electron chi connectivity index (χ3n) is 5.58. The average Bonchev–Trinajstić information content (AvgIpc) is 3.16. The summed E-state index contributed by atoms with van der Waals surface area (Å²) in [5.74, 6) is -0.197. The summed E-state index contributed by atoms with van der Waals surface area (Å²) in [6.07, 6.45) is 2.77. The molecule has 0 N–H and O–H groups in total. The number of rotatable bonds is 1. The zero-order valence-electron chi connectivity index (χ0n) is 15.1. The summed E-state index contributed by atoms with van der Waals surface area (Å²) >= 11 is 0. The number of aryl methyl sites for hydroxylation is 1. The summed E-state index contributed by atoms with van der Waals surface area (Å²) in [4.78, 5) is 34.2. The van der Waals surface area contributed by atoms with Crippen LogP contribution in [0.4, 0.5) is 11.4 Å². The molecule has 2 amide bonds. The van der Waals surface area contributed by atoms with Gasteiger partial charge in [0.2, 0.25) is 5.91 Å². The second-order valence-corrected chi connectivity index (χ2v) is 7.12. The second-order valence-electron chi connectivity index (χ2n) is 7.12. The van der Waals surface area contributed by atoms with Gasteiger partial charge in [-0.15, -0.1) is 0 Å². The third kappa shape index (κ3) is 2.35. The number of hydrogen-bond donors (Lipinski definition) is 0. The van der Waals surface area contributed by atoms with E-state index in [-0.39, 0.29) is 18.4 Å². The predicted molar refractivity (Wildman–Crippen MR) is 105 cm³/mol. The quantitative estimate of drug-likeness (QED) is 0.671. The SMILES string of the molecule is CN1C(=O)CN(C(=O)c2c3c(nc4ccccc24)CCC3)c2ccccc21. The molecule has 1 aliphatic heterocycles. The van der Waals surface area contributed by atoms with Crippen molar-refractivity contribution in [2.45, 2.75) is 19.3 Å². The topological polar surface area (TPSA) is 53.5 Å². The lowest BCUT2D eigenvalue weighted by Crippen LogP contribution is -2.46. The number of nitrogens with zero attached hydrogens (tertiary/aromatic N) is 3. The van der Waals surface area contributed by atoms with Gasteiger partial charge < -0.3 is 4.90 Å². The van der Waals surface area contributed by atoms with Crippen LogP contribution in [0.15, 0.2) is 48.5 Å². The van der Waals surface area contributed by atoms with Crippen LogP contribution < -0.4 is 9.80 Å². The molecule has 0 spiro atoms. The predicted octanol–water partition coefficient (Wildman–Crippen LogP) is 3.35. The molecule has 2 aromatic carbocycles. The van der Waals surface area contributed by atoms with Gasteiger partial charge in [-0.1, -0.05) is 30.3 Å². The van der Waals surface area contributed by atoms with Crippen LogP contribution in [-0.2, 0) is 17.6 Å². The number of benzene rings is 2. The van der Waals surface area contributed by atoms with Crippen molar-refractivity contribution in [1.82, 2.24) is 4.98 Å². The van der Waals surface area contributed by atoms with E-state index >= 15 is 0 Å². The highest BCUT2D eigenvalue weighted by molar-refractivity contribution is 6.20. The van der Waals surface area contributed by atoms with E-state index in [0.717, 1.165) is 52.8 Å². The lowest BCUT2D eigenvalue weighted by Gasteiger charge is -2.34. The Morgan fingerprint density at radius 3 is 2.59 bits per heavy atom. The Hall–Kier alpha value is -3.21. The molecule has 0 saturated heterocycles. The van der Waals surface area contributed by atoms with E-state index in [9.17, 15) is 9.59 Å². The molecule has 1 aromatic heterocycles. The number of amides is 2. The minimum absolute atomic E-state index is 0.0533. The highest BCUT2D eigenvalue weighted by Gasteiger charge is 2.34. The first-order valence-corrected chi connectivity index (χ1v) is 9.23. The molecule has 3 aromatic rings. The van der Waals surface area contributed by atoms with Crippen molar-refractivity contribution in [3.8, 4) is 0 Å². The van der Waals surface area contributed by atoms with E-state index in [0.29, 0.717) is 5.56 Å². The highest BCUT2D eigenvalue weighted by atomic mass is 16.2. The number of para-hydroxylation sites is 3. The number of anilines is 2. The van der Waals surface area contributed by atoms with Crippen molar-refractivity contribution in [2.75, 3.05) is 23.4 Å². The second kappa shape index (κ2) is 5.91. The summed E-state index contributed by atoms with van der Waals surface area (Å²) in [6.45, 7) is 0.0533. The van der Waals surface area contributed by atoms with Crippen molar-refractivity contribution >= 4 is 34.1 Å². The summed E-state index contributed by atoms with van der Waals surface area (Å²) in [6, 6.07) is 15.4. The van der Waals surface area contributed by atoms with Crippen molar-refractivity contribution in [3.63, 3.8) is 0 Å². The van der Waals surface area contributed by atoms with E-state index in [2.05, 4.69) is 0 Å². The molecular formula is C22H19N3O2. The number of carbonyl (C=O) groups excluding carboxylic acids is 2. The van der Waals surface area contributed by atoms with Gasteiger partial charge in [0, 0.05) is 18.1 Å². The Labute approximate surface area is 157 Å². The van der Waals surface area contributed by atoms with E-state index in [4.69, 9.17) is 4.98 Å². The van der Waals surface area contributed by atoms with Gasteiger partial charge in [-0.25, -0.2) is 0 Å². The van der Waals surface area contributed by atoms with Gasteiger partial charge in [-0.05, 0) is 43.0 Å². The van der Waals surface area contributed by atoms with Gasteiger partial charge in [0.1, 0.15) is 6.54 Å². The Morgan fingerprint density at radius 2 is 1.74 bits per heavy atom. The van der Waals surface area contributed by atoms with Gasteiger partial charge in [-0.3, -0.25) is 19.5 Å². The first-order valence-electron chi connectivity index (χ1n) is 9.23. The fraction of sp³-hybridized carbons (Fsp3) is 0.227. The number of carbonyl (C=O) groups is 2. The van der Waals surface area contributed by atoms with Gasteiger partial charge in [0.25, 0.3) is 5.91 Å². The first kappa shape index (κ1) is 16.0. The number of fused-ring (bicyclic) bond motifs is 3. The number of likely N-dealkylation sites (N-methyl/N-ethyl adjacent to an activating group) is 1. The zero-order valence-corrected chi connectivity index (χ0v) is 15.1. The molecule has 2 aliphatic rings. The molecule has 0 saturated carbocycles. The normalized spacial score (nSPS) is 15.8. The smallest absolute Gasteiger partial charge is 0.259 e. The molecule has 0 bridgehead atoms. The molecule has 0 fully saturated rings. The van der Waals surface area contributed by atoms with E-state index in [1.807, 2.05) is 48.5 Å². The van der Waals surface area contributed by atoms with Crippen molar-refractivity contribution < 1.29 is 9.59 Å². The summed E-state index contributed by atoms with van der Waals surface area (Å²) in [7, 11) is 1.75. The van der Waals surface area contributed by atoms with Crippen molar-refractivity contribution in [3.05, 3.63) is 65.4 Å². The molecule has 27 heavy (non-hydrogen) atoms. The molecule has 5 nitrogen and oxygen atoms in total. The Bertz CT molecular complexity index is 1110. The van der Waals surface area contributed by atoms with E-state index < -0.39 is 0 Å². The van der Waals surface area contributed by atoms with Crippen molar-refractivity contribution in [2.24, 2.45) is 0 Å². The van der Waals surface area contributed by atoms with Crippen LogP contribution in [0.25, 0.3) is 10.9 Å². The molecule has 5 heteroatoms. The van der Waals surface area contributed by atoms with E-state index in [1.54, 1.807) is 16.8 Å². The van der Waals surface area contributed by atoms with E-state index in [1.165, 1.54) is 0 Å². The van der Waals surface area contributed by atoms with Gasteiger partial charge >= 0.3 is 0 Å². The largest absolute Gasteiger partial charge is 0.312 e. The molecule has 134 valence electrons. The van der Waals surface area contributed by atoms with Crippen LogP contribution in [0.3, 0.4) is 0 Å². The number of aromatic nitrogens is 1. The molecule has 0 radical (unpaired) electrons. The highest BCUT2D eigenvalue weighted by Crippen LogP contribution is 2.36. The monoisotopic (exact) mass is 357 g/mol. The van der Waals surface area contributed by atoms with Crippen LogP contribution >= 0.6 is 0 Å². The lowest BCUT2D eigenvalue weighted by atomic mass is 9.99. The van der Waals surface area contributed by atoms with Crippen LogP contribution in [0.2, 0.25) is 0 Å². The van der Waals surface area contributed by atoms with Crippen LogP contribution in [-0.4, -0.2) is 30.4 Å². The zero-order chi connectivity index (χ0) is 18.5. The molecule has 5 rings (SSSR count). The minimum Gasteiger partial charge on any atom is -0.312 e. The summed E-state index contributed by atoms with van der Waals surface area (Å²) in [5.41, 5.74) is 5.15. The Morgan fingerprint density at radius 1 is 1.00 bits per heavy atom. The maximum absolute atomic E-state index is 13.7. The molecule has 2 heterocycles. The first-order chi connectivity index (χ1) is 13.1. The molecule has 0 unspecified atom stereocenters. The number of pyridine rings is 1. The standard InChI is InChI=1S/C22H19N3O2/c1-24-18-11-4-5-12-19(18)25(13-20(24)26)22(27)21-14-7-2-3-9-16(14)23-17-10-6-8-15(17)21/h2-5,7,9,11-12H,6,8,10,13H2,1H3. The van der Waals surface area contributed by atoms with Crippen LogP contribution in [0, 0.1) is 0 Å². The molecule has 0 atom stereocenters. The van der Waals surface area contributed by atoms with Crippen molar-refractivity contribution in [1.29, 1.82) is 0 Å². The molecular weight excluding hydrogens is 338 g/mol. The molecule has 1 aliphatic carbocycles. The van der Waals surface area contributed by atoms with Crippen LogP contribution in [0.5, 0.6) is 0 Å². The summed E-state index contributed by atoms with van der Waals surface area (Å²) < 4.78 is 0. The van der Waals surface area contributed by atoms with Gasteiger partial charge in [0.15, 0.2) is 0 Å². The maximum Gasteiger partial charge on any atom is 0.259 e. The Balaban J connectivity index is 1.72. The fourth-order valence-electron chi connectivity index (χ4n) is 4.21. The summed E-state index contributed by atoms with van der Waals surface area (Å²) in [5, 5.41) is 0.868. The number of hydrogen-bond acceptors (Lipinski definition) is 3. The Kier molecular flexibility index (Phi) is 3.50.